The molecule has 0 aromatic heterocycles. The molecule has 0 saturated heterocycles. The smallest absolute Gasteiger partial charge is 0.336 e. The van der Waals surface area contributed by atoms with E-state index in [0.717, 1.165) is 17.0 Å². The minimum atomic E-state index is -0.629. The molecule has 34 heavy (non-hydrogen) atoms. The molecule has 0 spiro atoms. The van der Waals surface area contributed by atoms with Crippen LogP contribution in [0, 0.1) is 5.82 Å². The third kappa shape index (κ3) is 4.75. The maximum Gasteiger partial charge on any atom is 0.336 e. The van der Waals surface area contributed by atoms with Gasteiger partial charge in [-0.3, -0.25) is 4.79 Å². The molecule has 1 aliphatic carbocycles. The molecule has 7 heteroatoms. The van der Waals surface area contributed by atoms with Crippen molar-refractivity contribution in [3.8, 4) is 5.75 Å². The highest BCUT2D eigenvalue weighted by molar-refractivity contribution is 6.04. The summed E-state index contributed by atoms with van der Waals surface area (Å²) in [6.45, 7) is 2.17. The van der Waals surface area contributed by atoms with Crippen LogP contribution >= 0.6 is 0 Å². The standard InChI is InChI=1S/C27H28FNO5/c1-16-24(27(31)34-13-12-32-2)25(18-4-8-20(28)9-5-18)26-22(29-16)14-19(15-23(26)30)17-6-10-21(33-3)11-7-17/h4-11,19,25,29H,12-15H2,1-3H3/t19-,25-/m0/s1. The predicted molar refractivity (Wildman–Crippen MR) is 125 cm³/mol. The van der Waals surface area contributed by atoms with Gasteiger partial charge in [-0.15, -0.1) is 0 Å². The number of halogens is 1. The number of hydrogen-bond donors (Lipinski definition) is 1. The Bertz CT molecular complexity index is 1130. The summed E-state index contributed by atoms with van der Waals surface area (Å²) in [5, 5.41) is 3.31. The van der Waals surface area contributed by atoms with Crippen LogP contribution < -0.4 is 10.1 Å². The fraction of sp³-hybridized carbons (Fsp3) is 0.333. The maximum atomic E-state index is 13.7. The summed E-state index contributed by atoms with van der Waals surface area (Å²) in [6.07, 6.45) is 0.935. The summed E-state index contributed by atoms with van der Waals surface area (Å²) in [7, 11) is 3.14. The van der Waals surface area contributed by atoms with E-state index in [9.17, 15) is 14.0 Å². The van der Waals surface area contributed by atoms with E-state index in [1.54, 1.807) is 26.2 Å². The first-order valence-corrected chi connectivity index (χ1v) is 11.2. The Morgan fingerprint density at radius 2 is 1.68 bits per heavy atom. The van der Waals surface area contributed by atoms with Crippen molar-refractivity contribution < 1.29 is 28.2 Å². The number of nitrogens with one attached hydrogen (secondary N) is 1. The van der Waals surface area contributed by atoms with Crippen molar-refractivity contribution in [1.82, 2.24) is 5.32 Å². The molecule has 1 aliphatic heterocycles. The molecule has 0 saturated carbocycles. The Kier molecular flexibility index (Phi) is 7.12. The maximum absolute atomic E-state index is 13.7. The summed E-state index contributed by atoms with van der Waals surface area (Å²) in [5.74, 6) is -0.816. The molecule has 178 valence electrons. The normalized spacial score (nSPS) is 20.1. The van der Waals surface area contributed by atoms with Gasteiger partial charge >= 0.3 is 5.97 Å². The molecule has 2 aliphatic rings. The molecule has 2 aromatic carbocycles. The number of esters is 1. The van der Waals surface area contributed by atoms with Crippen molar-refractivity contribution in [1.29, 1.82) is 0 Å². The average molecular weight is 466 g/mol. The molecule has 1 N–H and O–H groups in total. The van der Waals surface area contributed by atoms with Crippen molar-refractivity contribution >= 4 is 11.8 Å². The topological polar surface area (TPSA) is 73.9 Å². The fourth-order valence-electron chi connectivity index (χ4n) is 4.71. The molecule has 4 rings (SSSR count). The van der Waals surface area contributed by atoms with E-state index < -0.39 is 11.9 Å². The van der Waals surface area contributed by atoms with Crippen LogP contribution in [0.2, 0.25) is 0 Å². The van der Waals surface area contributed by atoms with E-state index in [-0.39, 0.29) is 30.7 Å². The second-order valence-corrected chi connectivity index (χ2v) is 8.47. The lowest BCUT2D eigenvalue weighted by atomic mass is 9.72. The SMILES string of the molecule is COCCOC(=O)C1=C(C)NC2=C(C(=O)C[C@@H](c3ccc(OC)cc3)C2)[C@H]1c1ccc(F)cc1. The van der Waals surface area contributed by atoms with Gasteiger partial charge in [0.1, 0.15) is 18.2 Å². The lowest BCUT2D eigenvalue weighted by Crippen LogP contribution is -2.36. The van der Waals surface area contributed by atoms with Crippen LogP contribution in [0.5, 0.6) is 5.75 Å². The molecule has 6 nitrogen and oxygen atoms in total. The van der Waals surface area contributed by atoms with E-state index in [0.29, 0.717) is 35.2 Å². The third-order valence-electron chi connectivity index (χ3n) is 6.36. The molecule has 2 atom stereocenters. The van der Waals surface area contributed by atoms with Gasteiger partial charge < -0.3 is 19.5 Å². The van der Waals surface area contributed by atoms with Gasteiger partial charge in [0.05, 0.1) is 19.3 Å². The third-order valence-corrected chi connectivity index (χ3v) is 6.36. The molecular formula is C27H28FNO5. The Morgan fingerprint density at radius 3 is 2.32 bits per heavy atom. The number of carbonyl (C=O) groups excluding carboxylic acids is 2. The predicted octanol–water partition coefficient (Wildman–Crippen LogP) is 4.39. The fourth-order valence-corrected chi connectivity index (χ4v) is 4.71. The van der Waals surface area contributed by atoms with Gasteiger partial charge in [-0.25, -0.2) is 9.18 Å². The summed E-state index contributed by atoms with van der Waals surface area (Å²) in [4.78, 5) is 26.6. The number of benzene rings is 2. The van der Waals surface area contributed by atoms with Crippen LogP contribution in [0.1, 0.15) is 42.7 Å². The number of methoxy groups -OCH3 is 2. The molecule has 1 heterocycles. The highest BCUT2D eigenvalue weighted by Crippen LogP contribution is 2.45. The summed E-state index contributed by atoms with van der Waals surface area (Å²) >= 11 is 0. The molecule has 2 aromatic rings. The number of dihydropyridines is 1. The highest BCUT2D eigenvalue weighted by atomic mass is 19.1. The monoisotopic (exact) mass is 465 g/mol. The number of allylic oxidation sites excluding steroid dienone is 3. The van der Waals surface area contributed by atoms with E-state index in [4.69, 9.17) is 14.2 Å². The number of rotatable bonds is 7. The molecule has 0 bridgehead atoms. The molecule has 0 fully saturated rings. The van der Waals surface area contributed by atoms with Crippen molar-refractivity contribution in [3.63, 3.8) is 0 Å². The Hall–Kier alpha value is -3.45. The zero-order valence-electron chi connectivity index (χ0n) is 19.5. The van der Waals surface area contributed by atoms with Gasteiger partial charge in [0, 0.05) is 36.4 Å². The van der Waals surface area contributed by atoms with Crippen molar-refractivity contribution in [2.24, 2.45) is 0 Å². The lowest BCUT2D eigenvalue weighted by Gasteiger charge is -2.36. The molecular weight excluding hydrogens is 437 g/mol. The second-order valence-electron chi connectivity index (χ2n) is 8.47. The van der Waals surface area contributed by atoms with Crippen LogP contribution in [-0.4, -0.2) is 39.2 Å². The van der Waals surface area contributed by atoms with Gasteiger partial charge in [-0.05, 0) is 54.7 Å². The highest BCUT2D eigenvalue weighted by Gasteiger charge is 2.41. The van der Waals surface area contributed by atoms with Crippen LogP contribution in [-0.2, 0) is 19.1 Å². The quantitative estimate of drug-likeness (QED) is 0.483. The van der Waals surface area contributed by atoms with Gasteiger partial charge in [-0.1, -0.05) is 24.3 Å². The van der Waals surface area contributed by atoms with Crippen molar-refractivity contribution in [2.75, 3.05) is 27.4 Å². The lowest BCUT2D eigenvalue weighted by molar-refractivity contribution is -0.140. The first kappa shape index (κ1) is 23.7. The van der Waals surface area contributed by atoms with Gasteiger partial charge in [-0.2, -0.15) is 0 Å². The van der Waals surface area contributed by atoms with Crippen LogP contribution in [0.3, 0.4) is 0 Å². The van der Waals surface area contributed by atoms with Gasteiger partial charge in [0.25, 0.3) is 0 Å². The number of ether oxygens (including phenoxy) is 3. The van der Waals surface area contributed by atoms with Crippen LogP contribution in [0.15, 0.2) is 71.1 Å². The minimum absolute atomic E-state index is 0.00142. The zero-order chi connectivity index (χ0) is 24.2. The zero-order valence-corrected chi connectivity index (χ0v) is 19.5. The number of Topliss-reactive ketones (excluding diaryl/α,β-unsaturated/α-hetero) is 1. The van der Waals surface area contributed by atoms with Crippen molar-refractivity contribution in [2.45, 2.75) is 31.6 Å². The number of ketones is 1. The average Bonchev–Trinajstić information content (AvgIpc) is 2.83. The summed E-state index contributed by atoms with van der Waals surface area (Å²) < 4.78 is 29.3. The first-order chi connectivity index (χ1) is 16.4. The van der Waals surface area contributed by atoms with E-state index in [2.05, 4.69) is 5.32 Å². The van der Waals surface area contributed by atoms with E-state index >= 15 is 0 Å². The molecule has 0 radical (unpaired) electrons. The largest absolute Gasteiger partial charge is 0.497 e. The minimum Gasteiger partial charge on any atom is -0.497 e. The Morgan fingerprint density at radius 1 is 1.00 bits per heavy atom. The number of carbonyl (C=O) groups is 2. The summed E-state index contributed by atoms with van der Waals surface area (Å²) in [6, 6.07) is 13.6. The molecule has 0 amide bonds. The van der Waals surface area contributed by atoms with Crippen LogP contribution in [0.25, 0.3) is 0 Å². The first-order valence-electron chi connectivity index (χ1n) is 11.2. The second kappa shape index (κ2) is 10.2. The van der Waals surface area contributed by atoms with Crippen LogP contribution in [0.4, 0.5) is 4.39 Å². The van der Waals surface area contributed by atoms with E-state index in [1.165, 1.54) is 19.2 Å². The Balaban J connectivity index is 1.72. The Labute approximate surface area is 198 Å². The van der Waals surface area contributed by atoms with Gasteiger partial charge in [0.2, 0.25) is 0 Å². The van der Waals surface area contributed by atoms with Gasteiger partial charge in [0.15, 0.2) is 5.78 Å². The summed E-state index contributed by atoms with van der Waals surface area (Å²) in [5.41, 5.74) is 4.03. The number of hydrogen-bond acceptors (Lipinski definition) is 6. The van der Waals surface area contributed by atoms with Crippen molar-refractivity contribution in [3.05, 3.63) is 88.0 Å². The van der Waals surface area contributed by atoms with E-state index in [1.807, 2.05) is 24.3 Å². The molecule has 0 unspecified atom stereocenters.